The van der Waals surface area contributed by atoms with Crippen LogP contribution in [0.5, 0.6) is 0 Å². The van der Waals surface area contributed by atoms with Crippen LogP contribution in [0.25, 0.3) is 0 Å². The van der Waals surface area contributed by atoms with Crippen LogP contribution in [0.15, 0.2) is 30.3 Å². The molecule has 0 aliphatic heterocycles. The first-order valence-corrected chi connectivity index (χ1v) is 8.04. The molecule has 0 heterocycles. The molecule has 1 N–H and O–H groups in total. The second kappa shape index (κ2) is 5.10. The lowest BCUT2D eigenvalue weighted by atomic mass is 10.1. The van der Waals surface area contributed by atoms with Crippen LogP contribution < -0.4 is 5.32 Å². The summed E-state index contributed by atoms with van der Waals surface area (Å²) in [6.07, 6.45) is 2.13. The number of carbonyl (C=O) groups excluding carboxylic acids is 1. The largest absolute Gasteiger partial charge is 0.353 e. The highest BCUT2D eigenvalue weighted by Gasteiger charge is 2.39. The van der Waals surface area contributed by atoms with Crippen molar-refractivity contribution in [2.45, 2.75) is 24.8 Å². The molecular weight excluding hydrogens is 250 g/mol. The summed E-state index contributed by atoms with van der Waals surface area (Å²) in [7, 11) is -3.06. The maximum atomic E-state index is 11.5. The predicted molar refractivity (Wildman–Crippen MR) is 70.1 cm³/mol. The molecule has 1 aliphatic rings. The number of benzene rings is 1. The fourth-order valence-electron chi connectivity index (χ4n) is 1.98. The van der Waals surface area contributed by atoms with E-state index in [0.717, 1.165) is 12.7 Å². The number of hydrogen-bond donors (Lipinski definition) is 1. The molecule has 98 valence electrons. The van der Waals surface area contributed by atoms with Crippen molar-refractivity contribution in [3.05, 3.63) is 35.9 Å². The van der Waals surface area contributed by atoms with Gasteiger partial charge in [0.15, 0.2) is 0 Å². The van der Waals surface area contributed by atoms with Crippen LogP contribution in [0.1, 0.15) is 24.3 Å². The van der Waals surface area contributed by atoms with Gasteiger partial charge in [0.05, 0.1) is 5.75 Å². The maximum Gasteiger partial charge on any atom is 0.221 e. The van der Waals surface area contributed by atoms with Gasteiger partial charge in [0.25, 0.3) is 0 Å². The fraction of sp³-hybridized carbons (Fsp3) is 0.462. The van der Waals surface area contributed by atoms with E-state index in [9.17, 15) is 13.2 Å². The molecule has 4 nitrogen and oxygen atoms in total. The number of carbonyl (C=O) groups is 1. The SMILES string of the molecule is CS(=O)(=O)CCC(=O)N[C@@H]1C[C@H]1c1ccccc1. The highest BCUT2D eigenvalue weighted by atomic mass is 32.2. The van der Waals surface area contributed by atoms with Gasteiger partial charge in [-0.1, -0.05) is 30.3 Å². The van der Waals surface area contributed by atoms with Gasteiger partial charge in [0.1, 0.15) is 9.84 Å². The molecule has 18 heavy (non-hydrogen) atoms. The maximum absolute atomic E-state index is 11.5. The Kier molecular flexibility index (Phi) is 3.71. The molecule has 1 saturated carbocycles. The molecule has 1 aromatic carbocycles. The van der Waals surface area contributed by atoms with Crippen molar-refractivity contribution in [1.82, 2.24) is 5.32 Å². The number of rotatable bonds is 5. The second-order valence-corrected chi connectivity index (χ2v) is 7.07. The van der Waals surface area contributed by atoms with Crippen molar-refractivity contribution in [2.24, 2.45) is 0 Å². The Morgan fingerprint density at radius 1 is 1.33 bits per heavy atom. The highest BCUT2D eigenvalue weighted by molar-refractivity contribution is 7.90. The Hall–Kier alpha value is -1.36. The van der Waals surface area contributed by atoms with E-state index in [1.807, 2.05) is 30.3 Å². The molecule has 1 aromatic rings. The third-order valence-electron chi connectivity index (χ3n) is 3.06. The topological polar surface area (TPSA) is 63.2 Å². The van der Waals surface area contributed by atoms with Gasteiger partial charge in [0, 0.05) is 24.6 Å². The van der Waals surface area contributed by atoms with E-state index >= 15 is 0 Å². The van der Waals surface area contributed by atoms with Crippen LogP contribution in [0, 0.1) is 0 Å². The first kappa shape index (κ1) is 13.1. The second-order valence-electron chi connectivity index (χ2n) is 4.81. The van der Waals surface area contributed by atoms with Gasteiger partial charge >= 0.3 is 0 Å². The molecular formula is C13H17NO3S. The zero-order chi connectivity index (χ0) is 13.2. The lowest BCUT2D eigenvalue weighted by Gasteiger charge is -2.04. The van der Waals surface area contributed by atoms with Crippen LogP contribution in [-0.4, -0.2) is 32.4 Å². The van der Waals surface area contributed by atoms with Gasteiger partial charge in [-0.25, -0.2) is 8.42 Å². The molecule has 1 amide bonds. The van der Waals surface area contributed by atoms with Crippen molar-refractivity contribution in [3.8, 4) is 0 Å². The molecule has 1 aliphatic carbocycles. The minimum atomic E-state index is -3.06. The van der Waals surface area contributed by atoms with E-state index in [-0.39, 0.29) is 24.1 Å². The number of nitrogens with one attached hydrogen (secondary N) is 1. The van der Waals surface area contributed by atoms with Crippen LogP contribution in [0.3, 0.4) is 0 Å². The predicted octanol–water partition coefficient (Wildman–Crippen LogP) is 1.09. The summed E-state index contributed by atoms with van der Waals surface area (Å²) < 4.78 is 21.9. The minimum Gasteiger partial charge on any atom is -0.353 e. The molecule has 0 bridgehead atoms. The zero-order valence-electron chi connectivity index (χ0n) is 10.3. The Morgan fingerprint density at radius 3 is 2.61 bits per heavy atom. The number of amides is 1. The molecule has 0 saturated heterocycles. The summed E-state index contributed by atoms with van der Waals surface area (Å²) in [5.41, 5.74) is 1.23. The first-order valence-electron chi connectivity index (χ1n) is 5.98. The molecule has 0 spiro atoms. The fourth-order valence-corrected chi connectivity index (χ4v) is 2.54. The summed E-state index contributed by atoms with van der Waals surface area (Å²) in [6, 6.07) is 10.2. The van der Waals surface area contributed by atoms with Gasteiger partial charge in [-0.15, -0.1) is 0 Å². The lowest BCUT2D eigenvalue weighted by molar-refractivity contribution is -0.120. The van der Waals surface area contributed by atoms with E-state index in [0.29, 0.717) is 5.92 Å². The lowest BCUT2D eigenvalue weighted by Crippen LogP contribution is -2.28. The summed E-state index contributed by atoms with van der Waals surface area (Å²) >= 11 is 0. The quantitative estimate of drug-likeness (QED) is 0.868. The van der Waals surface area contributed by atoms with E-state index < -0.39 is 9.84 Å². The smallest absolute Gasteiger partial charge is 0.221 e. The summed E-state index contributed by atoms with van der Waals surface area (Å²) in [5.74, 6) is 0.124. The molecule has 1 fully saturated rings. The third-order valence-corrected chi connectivity index (χ3v) is 4.01. The van der Waals surface area contributed by atoms with Gasteiger partial charge < -0.3 is 5.32 Å². The van der Waals surface area contributed by atoms with E-state index in [1.165, 1.54) is 5.56 Å². The Morgan fingerprint density at radius 2 is 2.00 bits per heavy atom. The van der Waals surface area contributed by atoms with Gasteiger partial charge in [0.2, 0.25) is 5.91 Å². The van der Waals surface area contributed by atoms with Gasteiger partial charge in [-0.3, -0.25) is 4.79 Å². The normalized spacial score (nSPS) is 22.5. The average Bonchev–Trinajstić information content (AvgIpc) is 3.06. The molecule has 5 heteroatoms. The van der Waals surface area contributed by atoms with E-state index in [4.69, 9.17) is 0 Å². The molecule has 0 aromatic heterocycles. The van der Waals surface area contributed by atoms with Gasteiger partial charge in [-0.05, 0) is 12.0 Å². The van der Waals surface area contributed by atoms with Gasteiger partial charge in [-0.2, -0.15) is 0 Å². The highest BCUT2D eigenvalue weighted by Crippen LogP contribution is 2.40. The summed E-state index contributed by atoms with van der Waals surface area (Å²) in [6.45, 7) is 0. The Bertz CT molecular complexity index is 524. The van der Waals surface area contributed by atoms with E-state index in [2.05, 4.69) is 5.32 Å². The van der Waals surface area contributed by atoms with Crippen LogP contribution in [0.4, 0.5) is 0 Å². The van der Waals surface area contributed by atoms with Crippen molar-refractivity contribution >= 4 is 15.7 Å². The monoisotopic (exact) mass is 267 g/mol. The van der Waals surface area contributed by atoms with Crippen LogP contribution in [0.2, 0.25) is 0 Å². The standard InChI is InChI=1S/C13H17NO3S/c1-18(16,17)8-7-13(15)14-12-9-11(12)10-5-3-2-4-6-10/h2-6,11-12H,7-9H2,1H3,(H,14,15)/t11-,12+/m0/s1. The van der Waals surface area contributed by atoms with Crippen molar-refractivity contribution in [2.75, 3.05) is 12.0 Å². The molecule has 2 atom stereocenters. The van der Waals surface area contributed by atoms with Crippen molar-refractivity contribution in [1.29, 1.82) is 0 Å². The number of hydrogen-bond acceptors (Lipinski definition) is 3. The van der Waals surface area contributed by atoms with Crippen LogP contribution >= 0.6 is 0 Å². The summed E-state index contributed by atoms with van der Waals surface area (Å²) in [5, 5.41) is 2.87. The number of sulfone groups is 1. The molecule has 2 rings (SSSR count). The Labute approximate surface area is 107 Å². The van der Waals surface area contributed by atoms with Crippen molar-refractivity contribution in [3.63, 3.8) is 0 Å². The average molecular weight is 267 g/mol. The molecule has 0 unspecified atom stereocenters. The zero-order valence-corrected chi connectivity index (χ0v) is 11.1. The third kappa shape index (κ3) is 3.84. The minimum absolute atomic E-state index is 0.0524. The van der Waals surface area contributed by atoms with E-state index in [1.54, 1.807) is 0 Å². The Balaban J connectivity index is 1.78. The van der Waals surface area contributed by atoms with Crippen molar-refractivity contribution < 1.29 is 13.2 Å². The van der Waals surface area contributed by atoms with Crippen LogP contribution in [-0.2, 0) is 14.6 Å². The summed E-state index contributed by atoms with van der Waals surface area (Å²) in [4.78, 5) is 11.5. The molecule has 0 radical (unpaired) electrons. The first-order chi connectivity index (χ1) is 8.46.